The number of hydrogen-bond acceptors (Lipinski definition) is 5. The Labute approximate surface area is 145 Å². The minimum absolute atomic E-state index is 0.0355. The van der Waals surface area contributed by atoms with Crippen LogP contribution in [-0.2, 0) is 11.3 Å². The van der Waals surface area contributed by atoms with Gasteiger partial charge in [0.25, 0.3) is 0 Å². The molecule has 0 amide bonds. The van der Waals surface area contributed by atoms with Crippen molar-refractivity contribution < 1.29 is 4.74 Å². The number of benzene rings is 1. The van der Waals surface area contributed by atoms with E-state index in [0.29, 0.717) is 10.0 Å². The van der Waals surface area contributed by atoms with Crippen molar-refractivity contribution in [3.05, 3.63) is 39.6 Å². The molecule has 0 saturated carbocycles. The van der Waals surface area contributed by atoms with Gasteiger partial charge in [0.1, 0.15) is 5.82 Å². The highest BCUT2D eigenvalue weighted by atomic mass is 35.5. The Bertz CT molecular complexity index is 663. The lowest BCUT2D eigenvalue weighted by atomic mass is 10.1. The molecule has 3 rings (SSSR count). The SMILES string of the molecule is Cc1nnnn1CCCN1CCO[C@H](c2ccc(Cl)c(Cl)c2)C1. The number of aromatic nitrogens is 4. The van der Waals surface area contributed by atoms with Crippen LogP contribution in [0, 0.1) is 6.92 Å². The first-order chi connectivity index (χ1) is 11.1. The number of ether oxygens (including phenoxy) is 1. The van der Waals surface area contributed by atoms with Gasteiger partial charge in [-0.15, -0.1) is 5.10 Å². The first-order valence-electron chi connectivity index (χ1n) is 7.65. The summed E-state index contributed by atoms with van der Waals surface area (Å²) >= 11 is 12.1. The molecule has 0 unspecified atom stereocenters. The van der Waals surface area contributed by atoms with Gasteiger partial charge in [-0.3, -0.25) is 4.90 Å². The average molecular weight is 356 g/mol. The van der Waals surface area contributed by atoms with E-state index in [2.05, 4.69) is 20.4 Å². The predicted molar refractivity (Wildman–Crippen MR) is 88.8 cm³/mol. The average Bonchev–Trinajstić information content (AvgIpc) is 2.96. The first kappa shape index (κ1) is 16.6. The van der Waals surface area contributed by atoms with Crippen molar-refractivity contribution in [1.82, 2.24) is 25.1 Å². The van der Waals surface area contributed by atoms with Gasteiger partial charge in [-0.25, -0.2) is 4.68 Å². The standard InChI is InChI=1S/C15H19Cl2N5O/c1-11-18-19-20-22(11)6-2-5-21-7-8-23-15(10-21)12-3-4-13(16)14(17)9-12/h3-4,9,15H,2,5-8,10H2,1H3/t15-/m0/s1. The molecular weight excluding hydrogens is 337 g/mol. The predicted octanol–water partition coefficient (Wildman–Crippen LogP) is 2.75. The van der Waals surface area contributed by atoms with Gasteiger partial charge in [0.05, 0.1) is 22.8 Å². The zero-order valence-electron chi connectivity index (χ0n) is 13.0. The number of morpholine rings is 1. The number of hydrogen-bond donors (Lipinski definition) is 0. The maximum Gasteiger partial charge on any atom is 0.148 e. The summed E-state index contributed by atoms with van der Waals surface area (Å²) in [5, 5.41) is 12.7. The third kappa shape index (κ3) is 4.20. The summed E-state index contributed by atoms with van der Waals surface area (Å²) in [5.74, 6) is 0.848. The molecule has 2 aromatic rings. The largest absolute Gasteiger partial charge is 0.371 e. The van der Waals surface area contributed by atoms with E-state index < -0.39 is 0 Å². The van der Waals surface area contributed by atoms with E-state index in [4.69, 9.17) is 27.9 Å². The molecule has 1 fully saturated rings. The van der Waals surface area contributed by atoms with Crippen molar-refractivity contribution in [3.8, 4) is 0 Å². The summed E-state index contributed by atoms with van der Waals surface area (Å²) < 4.78 is 7.71. The quantitative estimate of drug-likeness (QED) is 0.825. The molecule has 124 valence electrons. The maximum absolute atomic E-state index is 6.10. The van der Waals surface area contributed by atoms with Gasteiger partial charge in [-0.1, -0.05) is 29.3 Å². The van der Waals surface area contributed by atoms with Crippen molar-refractivity contribution in [2.45, 2.75) is 26.0 Å². The minimum atomic E-state index is 0.0355. The van der Waals surface area contributed by atoms with Crippen molar-refractivity contribution in [1.29, 1.82) is 0 Å². The van der Waals surface area contributed by atoms with E-state index in [0.717, 1.165) is 50.6 Å². The van der Waals surface area contributed by atoms with Crippen LogP contribution in [0.25, 0.3) is 0 Å². The van der Waals surface area contributed by atoms with Crippen LogP contribution in [0.4, 0.5) is 0 Å². The molecule has 23 heavy (non-hydrogen) atoms. The van der Waals surface area contributed by atoms with Crippen molar-refractivity contribution in [2.24, 2.45) is 0 Å². The highest BCUT2D eigenvalue weighted by Crippen LogP contribution is 2.29. The van der Waals surface area contributed by atoms with Gasteiger partial charge >= 0.3 is 0 Å². The molecule has 0 bridgehead atoms. The molecule has 1 aromatic heterocycles. The summed E-state index contributed by atoms with van der Waals surface area (Å²) in [4.78, 5) is 2.40. The Morgan fingerprint density at radius 2 is 2.13 bits per heavy atom. The van der Waals surface area contributed by atoms with Gasteiger partial charge in [0, 0.05) is 26.2 Å². The minimum Gasteiger partial charge on any atom is -0.371 e. The van der Waals surface area contributed by atoms with Gasteiger partial charge in [-0.05, 0) is 41.5 Å². The Morgan fingerprint density at radius 1 is 1.26 bits per heavy atom. The Balaban J connectivity index is 1.53. The van der Waals surface area contributed by atoms with Crippen molar-refractivity contribution in [2.75, 3.05) is 26.2 Å². The first-order valence-corrected chi connectivity index (χ1v) is 8.41. The number of rotatable bonds is 5. The molecule has 0 aliphatic carbocycles. The Hall–Kier alpha value is -1.21. The molecule has 0 radical (unpaired) electrons. The van der Waals surface area contributed by atoms with Crippen LogP contribution in [0.3, 0.4) is 0 Å². The molecule has 0 spiro atoms. The molecule has 1 saturated heterocycles. The summed E-state index contributed by atoms with van der Waals surface area (Å²) in [5.41, 5.74) is 1.07. The summed E-state index contributed by atoms with van der Waals surface area (Å²) in [6, 6.07) is 5.69. The van der Waals surface area contributed by atoms with E-state index in [-0.39, 0.29) is 6.10 Å². The molecule has 6 nitrogen and oxygen atoms in total. The molecule has 8 heteroatoms. The van der Waals surface area contributed by atoms with Gasteiger partial charge < -0.3 is 4.74 Å². The van der Waals surface area contributed by atoms with E-state index in [1.807, 2.05) is 29.8 Å². The number of tetrazole rings is 1. The van der Waals surface area contributed by atoms with E-state index >= 15 is 0 Å². The summed E-state index contributed by atoms with van der Waals surface area (Å²) in [6.07, 6.45) is 1.04. The molecular formula is C15H19Cl2N5O. The molecule has 1 aliphatic heterocycles. The van der Waals surface area contributed by atoms with Crippen LogP contribution >= 0.6 is 23.2 Å². The fourth-order valence-corrected chi connectivity index (χ4v) is 3.03. The lowest BCUT2D eigenvalue weighted by molar-refractivity contribution is -0.0305. The second kappa shape index (κ2) is 7.57. The highest BCUT2D eigenvalue weighted by Gasteiger charge is 2.22. The van der Waals surface area contributed by atoms with Crippen LogP contribution in [-0.4, -0.2) is 51.3 Å². The van der Waals surface area contributed by atoms with Crippen LogP contribution < -0.4 is 0 Å². The van der Waals surface area contributed by atoms with E-state index in [9.17, 15) is 0 Å². The van der Waals surface area contributed by atoms with Crippen molar-refractivity contribution >= 4 is 23.2 Å². The number of aryl methyl sites for hydroxylation is 2. The molecule has 2 heterocycles. The topological polar surface area (TPSA) is 56.1 Å². The zero-order chi connectivity index (χ0) is 16.2. The number of nitrogens with zero attached hydrogens (tertiary/aromatic N) is 5. The molecule has 1 atom stereocenters. The smallest absolute Gasteiger partial charge is 0.148 e. The van der Waals surface area contributed by atoms with Crippen LogP contribution in [0.1, 0.15) is 23.9 Å². The monoisotopic (exact) mass is 355 g/mol. The van der Waals surface area contributed by atoms with Crippen LogP contribution in [0.2, 0.25) is 10.0 Å². The normalized spacial score (nSPS) is 19.2. The van der Waals surface area contributed by atoms with E-state index in [1.165, 1.54) is 0 Å². The molecule has 0 N–H and O–H groups in total. The lowest BCUT2D eigenvalue weighted by Gasteiger charge is -2.33. The second-order valence-electron chi connectivity index (χ2n) is 5.64. The zero-order valence-corrected chi connectivity index (χ0v) is 14.5. The lowest BCUT2D eigenvalue weighted by Crippen LogP contribution is -2.39. The summed E-state index contributed by atoms with van der Waals surface area (Å²) in [6.45, 7) is 6.23. The van der Waals surface area contributed by atoms with Crippen LogP contribution in [0.15, 0.2) is 18.2 Å². The maximum atomic E-state index is 6.10. The van der Waals surface area contributed by atoms with Gasteiger partial charge in [0.15, 0.2) is 0 Å². The third-order valence-corrected chi connectivity index (χ3v) is 4.76. The van der Waals surface area contributed by atoms with Crippen LogP contribution in [0.5, 0.6) is 0 Å². The van der Waals surface area contributed by atoms with Crippen molar-refractivity contribution in [3.63, 3.8) is 0 Å². The fourth-order valence-electron chi connectivity index (χ4n) is 2.72. The Kier molecular flexibility index (Phi) is 5.48. The second-order valence-corrected chi connectivity index (χ2v) is 6.45. The Morgan fingerprint density at radius 3 is 2.87 bits per heavy atom. The summed E-state index contributed by atoms with van der Waals surface area (Å²) in [7, 11) is 0. The molecule has 1 aromatic carbocycles. The molecule has 1 aliphatic rings. The third-order valence-electron chi connectivity index (χ3n) is 4.02. The fraction of sp³-hybridized carbons (Fsp3) is 0.533. The highest BCUT2D eigenvalue weighted by molar-refractivity contribution is 6.42. The number of halogens is 2. The van der Waals surface area contributed by atoms with Gasteiger partial charge in [-0.2, -0.15) is 0 Å². The van der Waals surface area contributed by atoms with E-state index in [1.54, 1.807) is 0 Å². The van der Waals surface area contributed by atoms with Gasteiger partial charge in [0.2, 0.25) is 0 Å².